The number of carbonyl (C=O) groups excluding carboxylic acids is 3. The van der Waals surface area contributed by atoms with E-state index in [0.29, 0.717) is 19.3 Å². The summed E-state index contributed by atoms with van der Waals surface area (Å²) in [5.74, 6) is -0.930. The monoisotopic (exact) mass is 877 g/mol. The Morgan fingerprint density at radius 3 is 1.05 bits per heavy atom. The van der Waals surface area contributed by atoms with Crippen molar-refractivity contribution in [2.75, 3.05) is 13.2 Å². The van der Waals surface area contributed by atoms with E-state index in [1.165, 1.54) is 64.2 Å². The van der Waals surface area contributed by atoms with Gasteiger partial charge in [0.05, 0.1) is 0 Å². The Morgan fingerprint density at radius 2 is 0.651 bits per heavy atom. The molecule has 0 aromatic heterocycles. The molecule has 0 bridgehead atoms. The van der Waals surface area contributed by atoms with E-state index in [9.17, 15) is 14.4 Å². The van der Waals surface area contributed by atoms with Gasteiger partial charge in [-0.3, -0.25) is 14.4 Å². The Labute approximate surface area is 388 Å². The molecular formula is C57H96O6. The van der Waals surface area contributed by atoms with E-state index < -0.39 is 6.10 Å². The molecule has 1 atom stereocenters. The molecule has 63 heavy (non-hydrogen) atoms. The van der Waals surface area contributed by atoms with Gasteiger partial charge in [-0.05, 0) is 109 Å². The van der Waals surface area contributed by atoms with Crippen molar-refractivity contribution in [3.8, 4) is 0 Å². The van der Waals surface area contributed by atoms with E-state index in [4.69, 9.17) is 14.2 Å². The van der Waals surface area contributed by atoms with E-state index in [1.54, 1.807) is 0 Å². The number of unbranched alkanes of at least 4 members (excludes halogenated alkanes) is 21. The van der Waals surface area contributed by atoms with Crippen LogP contribution < -0.4 is 0 Å². The van der Waals surface area contributed by atoms with E-state index in [0.717, 1.165) is 135 Å². The van der Waals surface area contributed by atoms with Gasteiger partial charge in [0.2, 0.25) is 0 Å². The number of hydrogen-bond donors (Lipinski definition) is 0. The van der Waals surface area contributed by atoms with Crippen molar-refractivity contribution in [3.63, 3.8) is 0 Å². The van der Waals surface area contributed by atoms with Crippen LogP contribution >= 0.6 is 0 Å². The molecule has 0 radical (unpaired) electrons. The molecule has 0 aliphatic carbocycles. The van der Waals surface area contributed by atoms with Crippen molar-refractivity contribution in [1.29, 1.82) is 0 Å². The molecule has 0 spiro atoms. The summed E-state index contributed by atoms with van der Waals surface area (Å²) in [6, 6.07) is 0. The normalized spacial score (nSPS) is 12.7. The maximum Gasteiger partial charge on any atom is 0.306 e. The molecule has 0 saturated heterocycles. The molecule has 0 fully saturated rings. The third kappa shape index (κ3) is 49.5. The second-order valence-electron chi connectivity index (χ2n) is 17.0. The van der Waals surface area contributed by atoms with Gasteiger partial charge >= 0.3 is 17.9 Å². The number of hydrogen-bond acceptors (Lipinski definition) is 6. The Hall–Kier alpha value is -3.41. The zero-order valence-corrected chi connectivity index (χ0v) is 41.1. The zero-order chi connectivity index (χ0) is 45.8. The van der Waals surface area contributed by atoms with Gasteiger partial charge in [-0.1, -0.05) is 196 Å². The first-order valence-corrected chi connectivity index (χ1v) is 26.1. The lowest BCUT2D eigenvalue weighted by Gasteiger charge is -2.18. The summed E-state index contributed by atoms with van der Waals surface area (Å²) in [7, 11) is 0. The topological polar surface area (TPSA) is 78.9 Å². The molecule has 0 heterocycles. The predicted octanol–water partition coefficient (Wildman–Crippen LogP) is 17.2. The molecular weight excluding hydrogens is 781 g/mol. The fraction of sp³-hybridized carbons (Fsp3) is 0.702. The predicted molar refractivity (Wildman–Crippen MR) is 270 cm³/mol. The molecule has 0 rings (SSSR count). The summed E-state index contributed by atoms with van der Waals surface area (Å²) in [6.45, 7) is 6.41. The molecule has 360 valence electrons. The first-order chi connectivity index (χ1) is 31.0. The van der Waals surface area contributed by atoms with Crippen molar-refractivity contribution in [1.82, 2.24) is 0 Å². The smallest absolute Gasteiger partial charge is 0.306 e. The van der Waals surface area contributed by atoms with Crippen LogP contribution in [0.15, 0.2) is 85.1 Å². The number of rotatable bonds is 46. The third-order valence-corrected chi connectivity index (χ3v) is 10.8. The first kappa shape index (κ1) is 59.6. The summed E-state index contributed by atoms with van der Waals surface area (Å²) in [4.78, 5) is 38.0. The highest BCUT2D eigenvalue weighted by molar-refractivity contribution is 5.71. The van der Waals surface area contributed by atoms with Gasteiger partial charge in [-0.15, -0.1) is 0 Å². The Morgan fingerprint density at radius 1 is 0.333 bits per heavy atom. The Bertz CT molecular complexity index is 1240. The number of esters is 3. The molecule has 6 nitrogen and oxygen atoms in total. The summed E-state index contributed by atoms with van der Waals surface area (Å²) in [6.07, 6.45) is 65.6. The van der Waals surface area contributed by atoms with Crippen molar-refractivity contribution < 1.29 is 28.6 Å². The molecule has 0 aliphatic heterocycles. The zero-order valence-electron chi connectivity index (χ0n) is 41.1. The standard InChI is InChI=1S/C57H96O6/c1-4-7-10-13-16-19-22-25-26-27-28-29-30-33-35-38-41-44-47-50-56(59)62-53-54(63-57(60)51-48-45-42-39-36-32-24-21-18-15-12-9-6-3)52-61-55(58)49-46-43-40-37-34-31-23-20-17-14-11-8-5-2/h7,10,12,15-16,19-21,23-26,28-29,54H,4-6,8-9,11,13-14,17-18,22,27,30-53H2,1-3H3/b10-7-,15-12-,19-16-,23-20-,24-21-,26-25-,29-28-. The van der Waals surface area contributed by atoms with Gasteiger partial charge in [0.25, 0.3) is 0 Å². The van der Waals surface area contributed by atoms with Crippen LogP contribution in [0.4, 0.5) is 0 Å². The Balaban J connectivity index is 4.42. The van der Waals surface area contributed by atoms with Gasteiger partial charge < -0.3 is 14.2 Å². The highest BCUT2D eigenvalue weighted by Gasteiger charge is 2.19. The van der Waals surface area contributed by atoms with Gasteiger partial charge in [-0.2, -0.15) is 0 Å². The average molecular weight is 877 g/mol. The third-order valence-electron chi connectivity index (χ3n) is 10.8. The number of ether oxygens (including phenoxy) is 3. The number of carbonyl (C=O) groups is 3. The maximum absolute atomic E-state index is 12.8. The van der Waals surface area contributed by atoms with Crippen LogP contribution in [0.25, 0.3) is 0 Å². The lowest BCUT2D eigenvalue weighted by atomic mass is 10.1. The van der Waals surface area contributed by atoms with E-state index in [1.807, 2.05) is 0 Å². The Kier molecular flexibility index (Phi) is 48.5. The van der Waals surface area contributed by atoms with Gasteiger partial charge in [0, 0.05) is 19.3 Å². The van der Waals surface area contributed by atoms with E-state index in [2.05, 4.69) is 106 Å². The van der Waals surface area contributed by atoms with Gasteiger partial charge in [0.15, 0.2) is 6.10 Å². The minimum Gasteiger partial charge on any atom is -0.462 e. The molecule has 1 unspecified atom stereocenters. The summed E-state index contributed by atoms with van der Waals surface area (Å²) in [5.41, 5.74) is 0. The second kappa shape index (κ2) is 51.2. The highest BCUT2D eigenvalue weighted by atomic mass is 16.6. The van der Waals surface area contributed by atoms with Crippen LogP contribution in [0, 0.1) is 0 Å². The van der Waals surface area contributed by atoms with Crippen molar-refractivity contribution in [2.24, 2.45) is 0 Å². The fourth-order valence-corrected chi connectivity index (χ4v) is 6.94. The lowest BCUT2D eigenvalue weighted by molar-refractivity contribution is -0.167. The van der Waals surface area contributed by atoms with Crippen LogP contribution in [0.1, 0.15) is 239 Å². The first-order valence-electron chi connectivity index (χ1n) is 26.1. The van der Waals surface area contributed by atoms with Crippen LogP contribution in [-0.4, -0.2) is 37.2 Å². The lowest BCUT2D eigenvalue weighted by Crippen LogP contribution is -2.30. The van der Waals surface area contributed by atoms with E-state index >= 15 is 0 Å². The van der Waals surface area contributed by atoms with Crippen LogP contribution in [0.2, 0.25) is 0 Å². The summed E-state index contributed by atoms with van der Waals surface area (Å²) < 4.78 is 16.8. The second-order valence-corrected chi connectivity index (χ2v) is 17.0. The van der Waals surface area contributed by atoms with Crippen LogP contribution in [-0.2, 0) is 28.6 Å². The largest absolute Gasteiger partial charge is 0.462 e. The van der Waals surface area contributed by atoms with Crippen LogP contribution in [0.5, 0.6) is 0 Å². The SMILES string of the molecule is CC/C=C\C/C=C\C/C=C\C/C=C\CCCCCCCCC(=O)OCC(COC(=O)CCCCCCC/C=C\CCCCCC)OC(=O)CCCCCCC/C=C\C/C=C\CCC. The molecule has 0 saturated carbocycles. The van der Waals surface area contributed by atoms with Crippen molar-refractivity contribution in [2.45, 2.75) is 245 Å². The number of allylic oxidation sites excluding steroid dienone is 14. The molecule has 0 N–H and O–H groups in total. The fourth-order valence-electron chi connectivity index (χ4n) is 6.94. The minimum absolute atomic E-state index is 0.0918. The highest BCUT2D eigenvalue weighted by Crippen LogP contribution is 2.14. The molecule has 6 heteroatoms. The van der Waals surface area contributed by atoms with Gasteiger partial charge in [-0.25, -0.2) is 0 Å². The molecule has 0 aromatic carbocycles. The van der Waals surface area contributed by atoms with E-state index in [-0.39, 0.29) is 31.1 Å². The summed E-state index contributed by atoms with van der Waals surface area (Å²) >= 11 is 0. The molecule has 0 amide bonds. The molecule has 0 aliphatic rings. The average Bonchev–Trinajstić information content (AvgIpc) is 3.28. The van der Waals surface area contributed by atoms with Crippen LogP contribution in [0.3, 0.4) is 0 Å². The quantitative estimate of drug-likeness (QED) is 0.0262. The van der Waals surface area contributed by atoms with Crippen molar-refractivity contribution in [3.05, 3.63) is 85.1 Å². The maximum atomic E-state index is 12.8. The van der Waals surface area contributed by atoms with Gasteiger partial charge in [0.1, 0.15) is 13.2 Å². The van der Waals surface area contributed by atoms with Crippen molar-refractivity contribution >= 4 is 17.9 Å². The summed E-state index contributed by atoms with van der Waals surface area (Å²) in [5, 5.41) is 0. The molecule has 0 aromatic rings. The minimum atomic E-state index is -0.793.